The third-order valence-corrected chi connectivity index (χ3v) is 11.4. The summed E-state index contributed by atoms with van der Waals surface area (Å²) in [5.74, 6) is -9.80. The molecule has 9 atom stereocenters. The number of ketones is 1. The van der Waals surface area contributed by atoms with Crippen LogP contribution in [0, 0.1) is 30.6 Å². The van der Waals surface area contributed by atoms with Crippen LogP contribution in [0.25, 0.3) is 16.5 Å². The van der Waals surface area contributed by atoms with E-state index in [0.29, 0.717) is 0 Å². The summed E-state index contributed by atoms with van der Waals surface area (Å²) in [5.41, 5.74) is -0.812. The van der Waals surface area contributed by atoms with Gasteiger partial charge in [-0.05, 0) is 26.0 Å². The van der Waals surface area contributed by atoms with Crippen molar-refractivity contribution in [3.05, 3.63) is 77.4 Å². The minimum Gasteiger partial charge on any atom is -1.00 e. The molecule has 16 nitrogen and oxygen atoms in total. The first-order chi connectivity index (χ1) is 28.2. The fourth-order valence-electron chi connectivity index (χ4n) is 7.81. The summed E-state index contributed by atoms with van der Waals surface area (Å²) in [6, 6.07) is 2.89. The number of hydrogen-bond acceptors (Lipinski definition) is 14. The molecule has 17 heteroatoms. The number of halogens is 1. The zero-order valence-corrected chi connectivity index (χ0v) is 37.1. The standard InChI is InChI=1S/C44H52N2O14.BrH/c1-20-13-11-14-21(2)42(54)45-32-33(46-17-12-15-27(19-46)43(55)57-10)38(52)29-30(37(32)51)36(50)25(6)40-31(29)41(53)44(8,60-40)58-18-16-28(56-9)22(3)39(59-26(7)47)24(5)35(49)23(4)34(20)48;/h11-20,22-24,28,34-35,39,48-49H,1-10H3,(H3-,45,50,51,52,53,54);1H/b13-11+,18-16+,21-14-;. The predicted molar refractivity (Wildman–Crippen MR) is 217 cm³/mol. The van der Waals surface area contributed by atoms with Crippen LogP contribution in [0.3, 0.4) is 0 Å². The molecule has 0 spiro atoms. The highest BCUT2D eigenvalue weighted by molar-refractivity contribution is 6.22. The molecule has 0 saturated heterocycles. The Morgan fingerprint density at radius 1 is 0.918 bits per heavy atom. The highest BCUT2D eigenvalue weighted by Gasteiger charge is 2.50. The number of phenols is 3. The van der Waals surface area contributed by atoms with Crippen molar-refractivity contribution in [2.75, 3.05) is 19.5 Å². The number of aromatic nitrogens is 1. The molecular weight excluding hydrogens is 860 g/mol. The molecule has 4 heterocycles. The Morgan fingerprint density at radius 2 is 1.59 bits per heavy atom. The largest absolute Gasteiger partial charge is 1.00 e. The number of benzene rings is 2. The second kappa shape index (κ2) is 19.1. The third kappa shape index (κ3) is 9.10. The lowest BCUT2D eigenvalue weighted by atomic mass is 9.78. The maximum absolute atomic E-state index is 14.5. The van der Waals surface area contributed by atoms with Gasteiger partial charge < -0.3 is 71.5 Å². The Bertz CT molecular complexity index is 2310. The number of hydrogen-bond donors (Lipinski definition) is 6. The smallest absolute Gasteiger partial charge is 0.343 e. The number of nitrogens with zero attached hydrogens (tertiary/aromatic N) is 1. The fraction of sp³-hybridized carbons (Fsp3) is 0.432. The molecule has 0 aliphatic carbocycles. The highest BCUT2D eigenvalue weighted by atomic mass is 79.9. The van der Waals surface area contributed by atoms with Crippen LogP contribution in [-0.2, 0) is 28.5 Å². The summed E-state index contributed by atoms with van der Waals surface area (Å²) in [6.07, 6.45) is 5.95. The van der Waals surface area contributed by atoms with Gasteiger partial charge in [-0.1, -0.05) is 45.9 Å². The molecule has 0 fully saturated rings. The van der Waals surface area contributed by atoms with Crippen LogP contribution in [0.2, 0.25) is 0 Å². The molecule has 3 aromatic rings. The van der Waals surface area contributed by atoms with Crippen molar-refractivity contribution in [3.8, 4) is 28.7 Å². The Labute approximate surface area is 363 Å². The van der Waals surface area contributed by atoms with E-state index >= 15 is 0 Å². The monoisotopic (exact) mass is 912 g/mol. The fourth-order valence-corrected chi connectivity index (χ4v) is 7.81. The minimum absolute atomic E-state index is 0. The number of allylic oxidation sites excluding steroid dienone is 2. The summed E-state index contributed by atoms with van der Waals surface area (Å²) in [4.78, 5) is 53.2. The number of fused-ring (bicyclic) bond motifs is 14. The highest BCUT2D eigenvalue weighted by Crippen LogP contribution is 2.55. The van der Waals surface area contributed by atoms with Crippen molar-refractivity contribution >= 4 is 40.1 Å². The Kier molecular flexibility index (Phi) is 15.0. The van der Waals surface area contributed by atoms with Crippen LogP contribution in [-0.4, -0.2) is 93.6 Å². The van der Waals surface area contributed by atoms with E-state index < -0.39 is 106 Å². The van der Waals surface area contributed by atoms with E-state index in [9.17, 15) is 44.7 Å². The van der Waals surface area contributed by atoms with Gasteiger partial charge in [0.2, 0.25) is 0 Å². The van der Waals surface area contributed by atoms with Gasteiger partial charge in [-0.3, -0.25) is 14.4 Å². The van der Waals surface area contributed by atoms with Crippen molar-refractivity contribution in [2.45, 2.75) is 85.6 Å². The van der Waals surface area contributed by atoms with Crippen molar-refractivity contribution in [2.24, 2.45) is 23.7 Å². The number of anilines is 1. The number of aliphatic hydroxyl groups is 2. The topological polar surface area (TPSA) is 231 Å². The van der Waals surface area contributed by atoms with Crippen LogP contribution < -0.4 is 31.6 Å². The van der Waals surface area contributed by atoms with Gasteiger partial charge in [-0.2, -0.15) is 4.57 Å². The zero-order valence-electron chi connectivity index (χ0n) is 35.6. The summed E-state index contributed by atoms with van der Waals surface area (Å²) in [7, 11) is 2.59. The maximum atomic E-state index is 14.5. The van der Waals surface area contributed by atoms with E-state index in [2.05, 4.69) is 5.32 Å². The number of aliphatic hydroxyl groups excluding tert-OH is 2. The molecule has 0 radical (unpaired) electrons. The first-order valence-corrected chi connectivity index (χ1v) is 19.4. The van der Waals surface area contributed by atoms with Crippen LogP contribution in [0.15, 0.2) is 60.7 Å². The third-order valence-electron chi connectivity index (χ3n) is 11.4. The quantitative estimate of drug-likeness (QED) is 0.0950. The lowest BCUT2D eigenvalue weighted by Gasteiger charge is -2.38. The van der Waals surface area contributed by atoms with Gasteiger partial charge >= 0.3 is 17.7 Å². The number of carbonyl (C=O) groups is 4. The molecule has 9 unspecified atom stereocenters. The number of Topliss-reactive ketones (excluding diaryl/α,β-unsaturated/α-hetero) is 1. The van der Waals surface area contributed by atoms with E-state index in [1.807, 2.05) is 0 Å². The van der Waals surface area contributed by atoms with Gasteiger partial charge in [-0.15, -0.1) is 0 Å². The zero-order chi connectivity index (χ0) is 44.5. The number of phenolic OH excluding ortho intramolecular Hbond substituents is 3. The van der Waals surface area contributed by atoms with Crippen LogP contribution in [0.4, 0.5) is 5.69 Å². The Morgan fingerprint density at radius 3 is 2.21 bits per heavy atom. The predicted octanol–water partition coefficient (Wildman–Crippen LogP) is 1.82. The second-order valence-electron chi connectivity index (χ2n) is 15.5. The second-order valence-corrected chi connectivity index (χ2v) is 15.5. The van der Waals surface area contributed by atoms with Gasteiger partial charge in [0.05, 0.1) is 48.0 Å². The van der Waals surface area contributed by atoms with Crippen molar-refractivity contribution < 1.29 is 89.9 Å². The molecule has 2 aromatic carbocycles. The molecule has 0 saturated carbocycles. The number of rotatable bonds is 4. The summed E-state index contributed by atoms with van der Waals surface area (Å²) < 4.78 is 29.6. The molecule has 3 aliphatic heterocycles. The van der Waals surface area contributed by atoms with Gasteiger partial charge in [-0.25, -0.2) is 4.79 Å². The number of nitrogens with one attached hydrogen (secondary N) is 1. The molecule has 330 valence electrons. The van der Waals surface area contributed by atoms with Crippen LogP contribution in [0.1, 0.15) is 74.7 Å². The molecule has 1 aromatic heterocycles. The minimum atomic E-state index is -2.11. The van der Waals surface area contributed by atoms with E-state index in [4.69, 9.17) is 23.7 Å². The van der Waals surface area contributed by atoms with Crippen LogP contribution in [0.5, 0.6) is 23.0 Å². The summed E-state index contributed by atoms with van der Waals surface area (Å²) in [6.45, 7) is 12.3. The van der Waals surface area contributed by atoms with Gasteiger partial charge in [0, 0.05) is 61.8 Å². The molecule has 6 N–H and O–H groups in total. The molecular formula is C44H53BrN2O14. The number of amides is 1. The number of methoxy groups -OCH3 is 2. The normalized spacial score (nSPS) is 29.0. The first-order valence-electron chi connectivity index (χ1n) is 19.4. The lowest BCUT2D eigenvalue weighted by molar-refractivity contribution is -0.595. The number of carbonyl (C=O) groups excluding carboxylic acids is 4. The van der Waals surface area contributed by atoms with Crippen molar-refractivity contribution in [1.82, 2.24) is 0 Å². The number of pyridine rings is 1. The van der Waals surface area contributed by atoms with Crippen molar-refractivity contribution in [1.29, 1.82) is 0 Å². The maximum Gasteiger partial charge on any atom is 0.343 e. The summed E-state index contributed by atoms with van der Waals surface area (Å²) in [5, 5.41) is 60.6. The van der Waals surface area contributed by atoms with Gasteiger partial charge in [0.1, 0.15) is 23.2 Å². The number of aromatic hydroxyl groups is 3. The molecule has 6 rings (SSSR count). The average molecular weight is 914 g/mol. The summed E-state index contributed by atoms with van der Waals surface area (Å²) >= 11 is 0. The average Bonchev–Trinajstić information content (AvgIpc) is 3.48. The molecule has 3 aliphatic rings. The first kappa shape index (κ1) is 48.2. The lowest BCUT2D eigenvalue weighted by Crippen LogP contribution is -3.00. The van der Waals surface area contributed by atoms with Gasteiger partial charge in [0.25, 0.3) is 17.4 Å². The molecule has 61 heavy (non-hydrogen) atoms. The Balaban J connectivity index is 0.00000819. The van der Waals surface area contributed by atoms with E-state index in [0.717, 1.165) is 6.26 Å². The number of ether oxygens (including phenoxy) is 5. The van der Waals surface area contributed by atoms with Crippen LogP contribution >= 0.6 is 0 Å². The van der Waals surface area contributed by atoms with Crippen molar-refractivity contribution in [3.63, 3.8) is 0 Å². The molecule has 5 bridgehead atoms. The number of esters is 2. The van der Waals surface area contributed by atoms with E-state index in [1.54, 1.807) is 39.8 Å². The van der Waals surface area contributed by atoms with Gasteiger partial charge in [0.15, 0.2) is 29.6 Å². The SMILES string of the molecule is COC(=O)c1ccc[n+](-c2c3c(O)c4c(O)c(C)c5c(c4c2O)C(=O)C(C)(O/C=C/C(OC)C(C)C(OC(C)=O)C(C)C(O)C(C)C(O)C(C)/C=C/C=C(/C)C(=O)N3)O5)c1.[Br-]. The molecule has 1 amide bonds. The Hall–Kier alpha value is -5.49. The van der Waals surface area contributed by atoms with E-state index in [-0.39, 0.29) is 56.1 Å². The van der Waals surface area contributed by atoms with E-state index in [1.165, 1.54) is 83.2 Å².